The van der Waals surface area contributed by atoms with E-state index in [9.17, 15) is 14.0 Å². The lowest BCUT2D eigenvalue weighted by Gasteiger charge is -2.20. The standard InChI is InChI=1S/C20H19FN6O2/c1-22-15-8-18(26-6-5-12-11(10-28)3-2-4-16(12)26)25-27-17(9-23-19(15)27)20(29)24-14-7-13(14)21/h2-4,8-10,13-14,22H,5-7H2,1H3,(H,24,29). The number of fused-ring (bicyclic) bond motifs is 2. The van der Waals surface area contributed by atoms with Crippen molar-refractivity contribution in [3.8, 4) is 0 Å². The van der Waals surface area contributed by atoms with E-state index >= 15 is 0 Å². The normalized spacial score (nSPS) is 19.9. The first kappa shape index (κ1) is 17.6. The van der Waals surface area contributed by atoms with E-state index in [0.717, 1.165) is 24.0 Å². The Morgan fingerprint density at radius 3 is 2.93 bits per heavy atom. The largest absolute Gasteiger partial charge is 0.385 e. The van der Waals surface area contributed by atoms with Crippen LogP contribution in [0.4, 0.5) is 21.6 Å². The van der Waals surface area contributed by atoms with E-state index in [1.54, 1.807) is 13.1 Å². The summed E-state index contributed by atoms with van der Waals surface area (Å²) >= 11 is 0. The fourth-order valence-corrected chi connectivity index (χ4v) is 3.79. The molecule has 5 rings (SSSR count). The Morgan fingerprint density at radius 1 is 1.38 bits per heavy atom. The van der Waals surface area contributed by atoms with Gasteiger partial charge >= 0.3 is 0 Å². The molecule has 2 aromatic heterocycles. The van der Waals surface area contributed by atoms with Crippen molar-refractivity contribution in [1.82, 2.24) is 19.9 Å². The number of rotatable bonds is 5. The molecule has 3 heterocycles. The van der Waals surface area contributed by atoms with Gasteiger partial charge in [0.25, 0.3) is 5.91 Å². The molecular formula is C20H19FN6O2. The highest BCUT2D eigenvalue weighted by Crippen LogP contribution is 2.36. The summed E-state index contributed by atoms with van der Waals surface area (Å²) in [6.45, 7) is 0.670. The van der Waals surface area contributed by atoms with Crippen LogP contribution in [-0.2, 0) is 6.42 Å². The van der Waals surface area contributed by atoms with Gasteiger partial charge in [-0.05, 0) is 18.1 Å². The molecule has 1 aromatic carbocycles. The summed E-state index contributed by atoms with van der Waals surface area (Å²) in [5, 5.41) is 10.4. The third kappa shape index (κ3) is 2.81. The second-order valence-electron chi connectivity index (χ2n) is 7.24. The van der Waals surface area contributed by atoms with Crippen LogP contribution in [0.3, 0.4) is 0 Å². The van der Waals surface area contributed by atoms with Crippen LogP contribution < -0.4 is 15.5 Å². The van der Waals surface area contributed by atoms with E-state index in [1.807, 2.05) is 23.1 Å². The molecule has 0 radical (unpaired) electrons. The smallest absolute Gasteiger partial charge is 0.271 e. The van der Waals surface area contributed by atoms with Crippen molar-refractivity contribution >= 4 is 35.0 Å². The van der Waals surface area contributed by atoms with Crippen LogP contribution >= 0.6 is 0 Å². The van der Waals surface area contributed by atoms with Gasteiger partial charge in [0, 0.05) is 37.3 Å². The molecule has 29 heavy (non-hydrogen) atoms. The minimum absolute atomic E-state index is 0.249. The molecule has 9 heteroatoms. The van der Waals surface area contributed by atoms with Gasteiger partial charge in [0.1, 0.15) is 12.5 Å². The number of carbonyl (C=O) groups is 2. The number of nitrogens with one attached hydrogen (secondary N) is 2. The average Bonchev–Trinajstić information content (AvgIpc) is 3.13. The van der Waals surface area contributed by atoms with Crippen molar-refractivity contribution in [2.24, 2.45) is 0 Å². The number of nitrogens with zero attached hydrogens (tertiary/aromatic N) is 4. The molecule has 2 aliphatic rings. The van der Waals surface area contributed by atoms with E-state index < -0.39 is 18.1 Å². The summed E-state index contributed by atoms with van der Waals surface area (Å²) in [7, 11) is 1.77. The van der Waals surface area contributed by atoms with Gasteiger partial charge in [-0.3, -0.25) is 9.59 Å². The second kappa shape index (κ2) is 6.54. The monoisotopic (exact) mass is 394 g/mol. The van der Waals surface area contributed by atoms with Gasteiger partial charge in [0.05, 0.1) is 17.9 Å². The first-order valence-corrected chi connectivity index (χ1v) is 9.46. The minimum Gasteiger partial charge on any atom is -0.385 e. The van der Waals surface area contributed by atoms with E-state index in [0.29, 0.717) is 35.7 Å². The highest BCUT2D eigenvalue weighted by atomic mass is 19.1. The van der Waals surface area contributed by atoms with Gasteiger partial charge < -0.3 is 15.5 Å². The van der Waals surface area contributed by atoms with Crippen LogP contribution in [0.1, 0.15) is 32.8 Å². The number of aldehydes is 1. The van der Waals surface area contributed by atoms with Gasteiger partial charge in [-0.1, -0.05) is 12.1 Å². The molecule has 148 valence electrons. The van der Waals surface area contributed by atoms with Crippen molar-refractivity contribution in [3.05, 3.63) is 47.3 Å². The van der Waals surface area contributed by atoms with Gasteiger partial charge in [0.2, 0.25) is 0 Å². The molecule has 0 saturated heterocycles. The maximum atomic E-state index is 13.2. The molecule has 2 N–H and O–H groups in total. The number of aromatic nitrogens is 3. The summed E-state index contributed by atoms with van der Waals surface area (Å²) in [6.07, 6.45) is 2.40. The number of hydrogen-bond acceptors (Lipinski definition) is 6. The third-order valence-corrected chi connectivity index (χ3v) is 5.45. The lowest BCUT2D eigenvalue weighted by Crippen LogP contribution is -2.28. The van der Waals surface area contributed by atoms with Crippen LogP contribution in [0.25, 0.3) is 5.65 Å². The Labute approximate surface area is 165 Å². The van der Waals surface area contributed by atoms with E-state index in [1.165, 1.54) is 10.7 Å². The molecule has 1 aliphatic carbocycles. The van der Waals surface area contributed by atoms with Crippen LogP contribution in [0.2, 0.25) is 0 Å². The summed E-state index contributed by atoms with van der Waals surface area (Å²) < 4.78 is 14.7. The van der Waals surface area contributed by atoms with Crippen LogP contribution in [0, 0.1) is 0 Å². The number of anilines is 3. The maximum Gasteiger partial charge on any atom is 0.271 e. The maximum absolute atomic E-state index is 13.2. The van der Waals surface area contributed by atoms with Crippen molar-refractivity contribution < 1.29 is 14.0 Å². The second-order valence-corrected chi connectivity index (χ2v) is 7.24. The average molecular weight is 394 g/mol. The fourth-order valence-electron chi connectivity index (χ4n) is 3.79. The number of alkyl halides is 1. The van der Waals surface area contributed by atoms with E-state index in [4.69, 9.17) is 0 Å². The summed E-state index contributed by atoms with van der Waals surface area (Å²) in [4.78, 5) is 30.3. The van der Waals surface area contributed by atoms with Crippen molar-refractivity contribution in [3.63, 3.8) is 0 Å². The highest BCUT2D eigenvalue weighted by Gasteiger charge is 2.39. The molecule has 1 amide bonds. The molecular weight excluding hydrogens is 375 g/mol. The number of hydrogen-bond donors (Lipinski definition) is 2. The first-order valence-electron chi connectivity index (χ1n) is 9.46. The number of benzene rings is 1. The van der Waals surface area contributed by atoms with Gasteiger partial charge in [0.15, 0.2) is 17.2 Å². The molecule has 0 bridgehead atoms. The Bertz CT molecular complexity index is 1140. The quantitative estimate of drug-likeness (QED) is 0.644. The zero-order valence-corrected chi connectivity index (χ0v) is 15.7. The van der Waals surface area contributed by atoms with Gasteiger partial charge in [-0.25, -0.2) is 13.9 Å². The number of imidazole rings is 1. The molecule has 0 spiro atoms. The van der Waals surface area contributed by atoms with Gasteiger partial charge in [-0.15, -0.1) is 5.10 Å². The predicted molar refractivity (Wildman–Crippen MR) is 106 cm³/mol. The molecule has 3 aromatic rings. The number of halogens is 1. The molecule has 2 atom stereocenters. The molecule has 1 aliphatic heterocycles. The van der Waals surface area contributed by atoms with Crippen LogP contribution in [0.5, 0.6) is 0 Å². The Kier molecular flexibility index (Phi) is 3.97. The lowest BCUT2D eigenvalue weighted by molar-refractivity contribution is 0.0940. The van der Waals surface area contributed by atoms with Crippen molar-refractivity contribution in [1.29, 1.82) is 0 Å². The topological polar surface area (TPSA) is 91.6 Å². The van der Waals surface area contributed by atoms with E-state index in [-0.39, 0.29) is 5.69 Å². The zero-order chi connectivity index (χ0) is 20.1. The van der Waals surface area contributed by atoms with E-state index in [2.05, 4.69) is 20.7 Å². The first-order chi connectivity index (χ1) is 14.1. The summed E-state index contributed by atoms with van der Waals surface area (Å²) in [5.74, 6) is 0.227. The number of carbonyl (C=O) groups excluding carboxylic acids is 2. The Hall–Kier alpha value is -3.49. The van der Waals surface area contributed by atoms with Crippen LogP contribution in [0.15, 0.2) is 30.5 Å². The molecule has 1 saturated carbocycles. The third-order valence-electron chi connectivity index (χ3n) is 5.45. The lowest BCUT2D eigenvalue weighted by atomic mass is 10.1. The summed E-state index contributed by atoms with van der Waals surface area (Å²) in [6, 6.07) is 7.03. The molecule has 2 unspecified atom stereocenters. The zero-order valence-electron chi connectivity index (χ0n) is 15.7. The minimum atomic E-state index is -0.984. The SMILES string of the molecule is CNc1cc(N2CCc3c(C=O)cccc32)nn2c(C(=O)NC3CC3F)cnc12. The van der Waals surface area contributed by atoms with Crippen molar-refractivity contribution in [2.75, 3.05) is 23.8 Å². The predicted octanol–water partition coefficient (Wildman–Crippen LogP) is 2.12. The van der Waals surface area contributed by atoms with Gasteiger partial charge in [-0.2, -0.15) is 0 Å². The van der Waals surface area contributed by atoms with Crippen molar-refractivity contribution in [2.45, 2.75) is 25.1 Å². The van der Waals surface area contributed by atoms with Crippen LogP contribution in [-0.4, -0.2) is 52.6 Å². The fraction of sp³-hybridized carbons (Fsp3) is 0.300. The highest BCUT2D eigenvalue weighted by molar-refractivity contribution is 5.94. The Morgan fingerprint density at radius 2 is 2.21 bits per heavy atom. The molecule has 8 nitrogen and oxygen atoms in total. The number of amides is 1. The molecule has 1 fully saturated rings. The summed E-state index contributed by atoms with van der Waals surface area (Å²) in [5.41, 5.74) is 4.06. The Balaban J connectivity index is 1.58.